The molecule has 0 aromatic carbocycles. The maximum Gasteiger partial charge on any atom is 0.191 e. The lowest BCUT2D eigenvalue weighted by molar-refractivity contribution is 0.128. The van der Waals surface area contributed by atoms with Gasteiger partial charge in [-0.15, -0.1) is 35.3 Å². The molecule has 0 saturated carbocycles. The fourth-order valence-corrected chi connectivity index (χ4v) is 2.19. The summed E-state index contributed by atoms with van der Waals surface area (Å²) in [5.74, 6) is 1.56. The fourth-order valence-electron chi connectivity index (χ4n) is 1.56. The predicted octanol–water partition coefficient (Wildman–Crippen LogP) is 3.48. The maximum absolute atomic E-state index is 5.58. The highest BCUT2D eigenvalue weighted by molar-refractivity contribution is 14.0. The Morgan fingerprint density at radius 1 is 1.33 bits per heavy atom. The summed E-state index contributed by atoms with van der Waals surface area (Å²) >= 11 is 1.73. The number of guanidine groups is 1. The Morgan fingerprint density at radius 2 is 2.14 bits per heavy atom. The summed E-state index contributed by atoms with van der Waals surface area (Å²) in [6.45, 7) is 10.4. The second kappa shape index (κ2) is 13.3. The van der Waals surface area contributed by atoms with Crippen LogP contribution in [0.4, 0.5) is 0 Å². The average molecular weight is 425 g/mol. The van der Waals surface area contributed by atoms with Crippen molar-refractivity contribution in [3.05, 3.63) is 22.4 Å². The third-order valence-electron chi connectivity index (χ3n) is 2.70. The number of hydrogen-bond donors (Lipinski definition) is 2. The zero-order valence-corrected chi connectivity index (χ0v) is 16.4. The van der Waals surface area contributed by atoms with Crippen molar-refractivity contribution in [2.75, 3.05) is 26.3 Å². The number of nitrogens with one attached hydrogen (secondary N) is 2. The van der Waals surface area contributed by atoms with Crippen molar-refractivity contribution in [3.8, 4) is 0 Å². The lowest BCUT2D eigenvalue weighted by Crippen LogP contribution is -2.39. The molecule has 21 heavy (non-hydrogen) atoms. The molecule has 0 amide bonds. The fraction of sp³-hybridized carbons (Fsp3) is 0.667. The van der Waals surface area contributed by atoms with E-state index in [0.29, 0.717) is 5.92 Å². The molecule has 0 aliphatic rings. The van der Waals surface area contributed by atoms with Crippen molar-refractivity contribution in [1.29, 1.82) is 0 Å². The number of hydrogen-bond acceptors (Lipinski definition) is 3. The number of ether oxygens (including phenoxy) is 1. The van der Waals surface area contributed by atoms with Gasteiger partial charge in [0, 0.05) is 24.6 Å². The zero-order valence-electron chi connectivity index (χ0n) is 13.2. The molecule has 2 N–H and O–H groups in total. The third-order valence-corrected chi connectivity index (χ3v) is 3.56. The van der Waals surface area contributed by atoms with Crippen molar-refractivity contribution in [1.82, 2.24) is 10.6 Å². The van der Waals surface area contributed by atoms with Crippen molar-refractivity contribution >= 4 is 41.3 Å². The first-order valence-corrected chi connectivity index (χ1v) is 8.22. The van der Waals surface area contributed by atoms with Gasteiger partial charge in [-0.3, -0.25) is 0 Å². The summed E-state index contributed by atoms with van der Waals surface area (Å²) in [5, 5.41) is 8.61. The van der Waals surface area contributed by atoms with Crippen LogP contribution < -0.4 is 10.6 Å². The molecule has 0 saturated heterocycles. The van der Waals surface area contributed by atoms with Crippen molar-refractivity contribution in [2.24, 2.45) is 10.9 Å². The molecule has 1 heterocycles. The highest BCUT2D eigenvalue weighted by Gasteiger charge is 1.98. The van der Waals surface area contributed by atoms with Gasteiger partial charge in [0.1, 0.15) is 0 Å². The number of rotatable bonds is 9. The van der Waals surface area contributed by atoms with Crippen LogP contribution >= 0.6 is 35.3 Å². The van der Waals surface area contributed by atoms with E-state index in [4.69, 9.17) is 4.74 Å². The van der Waals surface area contributed by atoms with Crippen LogP contribution in [0.5, 0.6) is 0 Å². The van der Waals surface area contributed by atoms with Crippen molar-refractivity contribution < 1.29 is 4.74 Å². The Balaban J connectivity index is 0.00000400. The molecule has 0 bridgehead atoms. The molecule has 0 atom stereocenters. The van der Waals surface area contributed by atoms with Crippen LogP contribution in [0.2, 0.25) is 0 Å². The number of aliphatic imine (C=N–C) groups is 1. The topological polar surface area (TPSA) is 45.7 Å². The molecule has 1 aromatic heterocycles. The highest BCUT2D eigenvalue weighted by atomic mass is 127. The second-order valence-corrected chi connectivity index (χ2v) is 6.03. The van der Waals surface area contributed by atoms with Gasteiger partial charge >= 0.3 is 0 Å². The number of thiophene rings is 1. The van der Waals surface area contributed by atoms with Crippen LogP contribution in [0.25, 0.3) is 0 Å². The molecule has 0 aliphatic carbocycles. The number of nitrogens with zero attached hydrogens (tertiary/aromatic N) is 1. The third kappa shape index (κ3) is 11.0. The summed E-state index contributed by atoms with van der Waals surface area (Å²) in [7, 11) is 0. The van der Waals surface area contributed by atoms with Gasteiger partial charge in [0.15, 0.2) is 5.96 Å². The Kier molecular flexibility index (Phi) is 13.1. The SMILES string of the molecule is CCNC(=NCc1cccs1)NCCOCCC(C)C.I. The summed E-state index contributed by atoms with van der Waals surface area (Å²) in [6.07, 6.45) is 1.12. The first kappa shape index (κ1) is 20.7. The normalized spacial score (nSPS) is 11.3. The lowest BCUT2D eigenvalue weighted by Gasteiger charge is -2.11. The van der Waals surface area contributed by atoms with Gasteiger partial charge in [-0.2, -0.15) is 0 Å². The summed E-state index contributed by atoms with van der Waals surface area (Å²) < 4.78 is 5.58. The molecule has 1 aromatic rings. The van der Waals surface area contributed by atoms with Gasteiger partial charge in [0.05, 0.1) is 13.2 Å². The van der Waals surface area contributed by atoms with Gasteiger partial charge < -0.3 is 15.4 Å². The standard InChI is InChI=1S/C15H27N3OS.HI/c1-4-16-15(18-12-14-6-5-11-20-14)17-8-10-19-9-7-13(2)3;/h5-6,11,13H,4,7-10,12H2,1-3H3,(H2,16,17,18);1H. The molecular weight excluding hydrogens is 397 g/mol. The first-order valence-electron chi connectivity index (χ1n) is 7.34. The Bertz CT molecular complexity index is 369. The number of halogens is 1. The van der Waals surface area contributed by atoms with Gasteiger partial charge in [0.2, 0.25) is 0 Å². The van der Waals surface area contributed by atoms with Gasteiger partial charge in [-0.1, -0.05) is 19.9 Å². The molecular formula is C15H28IN3OS. The summed E-state index contributed by atoms with van der Waals surface area (Å²) in [5.41, 5.74) is 0. The van der Waals surface area contributed by atoms with E-state index in [0.717, 1.165) is 45.2 Å². The predicted molar refractivity (Wildman–Crippen MR) is 103 cm³/mol. The van der Waals surface area contributed by atoms with Crippen molar-refractivity contribution in [3.63, 3.8) is 0 Å². The molecule has 4 nitrogen and oxygen atoms in total. The van der Waals surface area contributed by atoms with Crippen molar-refractivity contribution in [2.45, 2.75) is 33.7 Å². The van der Waals surface area contributed by atoms with Gasteiger partial charge in [0.25, 0.3) is 0 Å². The minimum Gasteiger partial charge on any atom is -0.380 e. The Hall–Kier alpha value is -0.340. The van der Waals surface area contributed by atoms with Crippen LogP contribution in [0, 0.1) is 5.92 Å². The van der Waals surface area contributed by atoms with Crippen LogP contribution in [0.1, 0.15) is 32.1 Å². The summed E-state index contributed by atoms with van der Waals surface area (Å²) in [4.78, 5) is 5.82. The molecule has 0 unspecified atom stereocenters. The first-order chi connectivity index (χ1) is 9.72. The van der Waals surface area contributed by atoms with E-state index < -0.39 is 0 Å². The van der Waals surface area contributed by atoms with E-state index >= 15 is 0 Å². The van der Waals surface area contributed by atoms with Gasteiger partial charge in [-0.05, 0) is 30.7 Å². The van der Waals surface area contributed by atoms with E-state index in [9.17, 15) is 0 Å². The quantitative estimate of drug-likeness (QED) is 0.276. The maximum atomic E-state index is 5.58. The van der Waals surface area contributed by atoms with Crippen LogP contribution in [-0.4, -0.2) is 32.3 Å². The molecule has 0 fully saturated rings. The molecule has 0 aliphatic heterocycles. The second-order valence-electron chi connectivity index (χ2n) is 5.00. The molecule has 6 heteroatoms. The van der Waals surface area contributed by atoms with Crippen LogP contribution in [-0.2, 0) is 11.3 Å². The lowest BCUT2D eigenvalue weighted by atomic mass is 10.1. The molecule has 122 valence electrons. The van der Waals surface area contributed by atoms with E-state index in [2.05, 4.69) is 53.9 Å². The largest absolute Gasteiger partial charge is 0.380 e. The minimum absolute atomic E-state index is 0. The smallest absolute Gasteiger partial charge is 0.191 e. The molecule has 0 spiro atoms. The average Bonchev–Trinajstić information content (AvgIpc) is 2.92. The van der Waals surface area contributed by atoms with Crippen LogP contribution in [0.3, 0.4) is 0 Å². The Labute approximate surface area is 149 Å². The van der Waals surface area contributed by atoms with E-state index in [1.165, 1.54) is 4.88 Å². The van der Waals surface area contributed by atoms with E-state index in [1.807, 2.05) is 0 Å². The highest BCUT2D eigenvalue weighted by Crippen LogP contribution is 2.09. The minimum atomic E-state index is 0. The summed E-state index contributed by atoms with van der Waals surface area (Å²) in [6, 6.07) is 4.16. The Morgan fingerprint density at radius 3 is 2.76 bits per heavy atom. The van der Waals surface area contributed by atoms with Crippen LogP contribution in [0.15, 0.2) is 22.5 Å². The van der Waals surface area contributed by atoms with Gasteiger partial charge in [-0.25, -0.2) is 4.99 Å². The molecule has 1 rings (SSSR count). The monoisotopic (exact) mass is 425 g/mol. The zero-order chi connectivity index (χ0) is 14.6. The molecule has 0 radical (unpaired) electrons. The van der Waals surface area contributed by atoms with E-state index in [1.54, 1.807) is 11.3 Å². The van der Waals surface area contributed by atoms with E-state index in [-0.39, 0.29) is 24.0 Å².